The maximum atomic E-state index is 12.2. The highest BCUT2D eigenvalue weighted by molar-refractivity contribution is 5.93. The number of carbonyl (C=O) groups is 2. The summed E-state index contributed by atoms with van der Waals surface area (Å²) >= 11 is 0. The topological polar surface area (TPSA) is 106 Å². The molecule has 1 heterocycles. The molecule has 0 saturated heterocycles. The molecule has 1 aromatic heterocycles. The number of hydrogen-bond acceptors (Lipinski definition) is 5. The van der Waals surface area contributed by atoms with E-state index < -0.39 is 5.41 Å². The van der Waals surface area contributed by atoms with Gasteiger partial charge in [-0.05, 0) is 91.0 Å². The number of aromatic nitrogens is 1. The summed E-state index contributed by atoms with van der Waals surface area (Å²) in [5.41, 5.74) is 17.5. The first-order valence-corrected chi connectivity index (χ1v) is 12.4. The zero-order valence-corrected chi connectivity index (χ0v) is 21.1. The van der Waals surface area contributed by atoms with Crippen LogP contribution in [0.1, 0.15) is 29.7 Å². The third-order valence-corrected chi connectivity index (χ3v) is 7.15. The summed E-state index contributed by atoms with van der Waals surface area (Å²) in [6, 6.07) is 22.0. The number of pyridine rings is 1. The Morgan fingerprint density at radius 3 is 2.32 bits per heavy atom. The Bertz CT molecular complexity index is 1480. The molecule has 7 heteroatoms. The van der Waals surface area contributed by atoms with Crippen molar-refractivity contribution in [1.29, 1.82) is 0 Å². The lowest BCUT2D eigenvalue weighted by molar-refractivity contribution is -0.120. The van der Waals surface area contributed by atoms with Crippen molar-refractivity contribution in [2.45, 2.75) is 31.3 Å². The second-order valence-corrected chi connectivity index (χ2v) is 10.0. The molecule has 0 atom stereocenters. The average molecular weight is 494 g/mol. The molecule has 7 nitrogen and oxygen atoms in total. The SMILES string of the molecule is CN(C)Cc1ccc(N(C=O)c2ccc(CN)c(-c3ccc4cc(C5(C(N)=O)CC5)ncc4c3)c2)cc1. The molecule has 0 spiro atoms. The van der Waals surface area contributed by atoms with Crippen molar-refractivity contribution in [2.24, 2.45) is 11.5 Å². The van der Waals surface area contributed by atoms with E-state index in [1.165, 1.54) is 5.56 Å². The Morgan fingerprint density at radius 2 is 1.70 bits per heavy atom. The van der Waals surface area contributed by atoms with Crippen LogP contribution in [0.2, 0.25) is 0 Å². The number of rotatable bonds is 9. The maximum absolute atomic E-state index is 12.2. The van der Waals surface area contributed by atoms with Crippen LogP contribution in [0.4, 0.5) is 11.4 Å². The summed E-state index contributed by atoms with van der Waals surface area (Å²) in [7, 11) is 4.05. The van der Waals surface area contributed by atoms with Gasteiger partial charge in [-0.1, -0.05) is 30.3 Å². The summed E-state index contributed by atoms with van der Waals surface area (Å²) in [6.45, 7) is 1.20. The van der Waals surface area contributed by atoms with Gasteiger partial charge in [0.1, 0.15) is 0 Å². The van der Waals surface area contributed by atoms with E-state index in [0.29, 0.717) is 6.54 Å². The van der Waals surface area contributed by atoms with E-state index in [0.717, 1.165) is 70.3 Å². The fourth-order valence-corrected chi connectivity index (χ4v) is 4.88. The van der Waals surface area contributed by atoms with Gasteiger partial charge in [0, 0.05) is 36.0 Å². The van der Waals surface area contributed by atoms with Gasteiger partial charge in [-0.15, -0.1) is 0 Å². The monoisotopic (exact) mass is 493 g/mol. The highest BCUT2D eigenvalue weighted by Crippen LogP contribution is 2.47. The van der Waals surface area contributed by atoms with Crippen LogP contribution in [-0.4, -0.2) is 36.3 Å². The van der Waals surface area contributed by atoms with Crippen molar-refractivity contribution in [1.82, 2.24) is 9.88 Å². The maximum Gasteiger partial charge on any atom is 0.229 e. The van der Waals surface area contributed by atoms with Gasteiger partial charge in [0.2, 0.25) is 12.3 Å². The number of benzene rings is 3. The zero-order chi connectivity index (χ0) is 26.2. The quantitative estimate of drug-likeness (QED) is 0.340. The molecule has 0 bridgehead atoms. The van der Waals surface area contributed by atoms with Crippen molar-refractivity contribution in [3.05, 3.63) is 89.7 Å². The number of anilines is 2. The van der Waals surface area contributed by atoms with Crippen molar-refractivity contribution < 1.29 is 9.59 Å². The van der Waals surface area contributed by atoms with Gasteiger partial charge in [0.15, 0.2) is 0 Å². The van der Waals surface area contributed by atoms with Crippen LogP contribution in [0.3, 0.4) is 0 Å². The molecule has 188 valence electrons. The first-order valence-electron chi connectivity index (χ1n) is 12.4. The number of amides is 2. The molecule has 37 heavy (non-hydrogen) atoms. The normalized spacial score (nSPS) is 14.1. The fraction of sp³-hybridized carbons (Fsp3) is 0.233. The minimum atomic E-state index is -0.614. The molecular formula is C30H31N5O2. The Labute approximate surface area is 216 Å². The number of hydrogen-bond donors (Lipinski definition) is 2. The molecule has 1 aliphatic rings. The molecule has 1 saturated carbocycles. The number of primary amides is 1. The predicted molar refractivity (Wildman–Crippen MR) is 147 cm³/mol. The average Bonchev–Trinajstić information content (AvgIpc) is 3.72. The Morgan fingerprint density at radius 1 is 0.973 bits per heavy atom. The van der Waals surface area contributed by atoms with Crippen molar-refractivity contribution in [3.8, 4) is 11.1 Å². The molecule has 3 aromatic carbocycles. The van der Waals surface area contributed by atoms with Crippen LogP contribution in [0, 0.1) is 0 Å². The van der Waals surface area contributed by atoms with E-state index in [2.05, 4.69) is 16.0 Å². The van der Waals surface area contributed by atoms with Gasteiger partial charge in [-0.25, -0.2) is 0 Å². The van der Waals surface area contributed by atoms with Crippen LogP contribution in [0.5, 0.6) is 0 Å². The van der Waals surface area contributed by atoms with Gasteiger partial charge >= 0.3 is 0 Å². The number of nitrogens with zero attached hydrogens (tertiary/aromatic N) is 3. The Hall–Kier alpha value is -4.07. The van der Waals surface area contributed by atoms with Crippen LogP contribution in [-0.2, 0) is 28.1 Å². The highest BCUT2D eigenvalue weighted by Gasteiger charge is 2.51. The lowest BCUT2D eigenvalue weighted by Crippen LogP contribution is -2.29. The molecule has 5 rings (SSSR count). The van der Waals surface area contributed by atoms with Gasteiger partial charge in [0.05, 0.1) is 11.1 Å². The minimum Gasteiger partial charge on any atom is -0.369 e. The lowest BCUT2D eigenvalue weighted by Gasteiger charge is -2.21. The van der Waals surface area contributed by atoms with E-state index in [1.807, 2.05) is 74.8 Å². The van der Waals surface area contributed by atoms with Gasteiger partial charge in [-0.3, -0.25) is 19.5 Å². The molecule has 0 unspecified atom stereocenters. The standard InChI is InChI=1S/C30H31N5O2/c1-34(2)18-20-3-8-25(9-4-20)35(19-36)26-10-7-23(16-31)27(15-26)22-6-5-21-14-28(33-17-24(21)13-22)30(11-12-30)29(32)37/h3-10,13-15,17,19H,11-12,16,18,31H2,1-2H3,(H2,32,37). The summed E-state index contributed by atoms with van der Waals surface area (Å²) in [5, 5.41) is 1.96. The number of nitrogens with two attached hydrogens (primary N) is 2. The molecule has 1 aliphatic carbocycles. The Balaban J connectivity index is 1.50. The third kappa shape index (κ3) is 4.71. The van der Waals surface area contributed by atoms with Crippen molar-refractivity contribution >= 4 is 34.5 Å². The fourth-order valence-electron chi connectivity index (χ4n) is 4.88. The van der Waals surface area contributed by atoms with Crippen molar-refractivity contribution in [3.63, 3.8) is 0 Å². The van der Waals surface area contributed by atoms with Crippen molar-refractivity contribution in [2.75, 3.05) is 19.0 Å². The summed E-state index contributed by atoms with van der Waals surface area (Å²) in [4.78, 5) is 32.4. The van der Waals surface area contributed by atoms with Gasteiger partial charge < -0.3 is 16.4 Å². The molecule has 0 radical (unpaired) electrons. The summed E-state index contributed by atoms with van der Waals surface area (Å²) < 4.78 is 0. The summed E-state index contributed by atoms with van der Waals surface area (Å²) in [5.74, 6) is -0.313. The van der Waals surface area contributed by atoms with Crippen LogP contribution in [0.15, 0.2) is 72.9 Å². The first-order chi connectivity index (χ1) is 17.8. The number of carbonyl (C=O) groups excluding carboxylic acids is 2. The van der Waals surface area contributed by atoms with Gasteiger partial charge in [0.25, 0.3) is 0 Å². The Kier molecular flexibility index (Phi) is 6.50. The van der Waals surface area contributed by atoms with E-state index >= 15 is 0 Å². The number of fused-ring (bicyclic) bond motifs is 1. The third-order valence-electron chi connectivity index (χ3n) is 7.15. The second-order valence-electron chi connectivity index (χ2n) is 10.0. The highest BCUT2D eigenvalue weighted by atomic mass is 16.1. The molecular weight excluding hydrogens is 462 g/mol. The molecule has 0 aliphatic heterocycles. The molecule has 4 N–H and O–H groups in total. The van der Waals surface area contributed by atoms with Crippen LogP contribution >= 0.6 is 0 Å². The van der Waals surface area contributed by atoms with Gasteiger partial charge in [-0.2, -0.15) is 0 Å². The van der Waals surface area contributed by atoms with Crippen LogP contribution < -0.4 is 16.4 Å². The van der Waals surface area contributed by atoms with E-state index in [1.54, 1.807) is 11.1 Å². The van der Waals surface area contributed by atoms with E-state index in [4.69, 9.17) is 11.5 Å². The largest absolute Gasteiger partial charge is 0.369 e. The molecule has 2 amide bonds. The summed E-state index contributed by atoms with van der Waals surface area (Å²) in [6.07, 6.45) is 4.13. The zero-order valence-electron chi connectivity index (χ0n) is 21.1. The minimum absolute atomic E-state index is 0.313. The molecule has 1 fully saturated rings. The first kappa shape index (κ1) is 24.6. The smallest absolute Gasteiger partial charge is 0.229 e. The van der Waals surface area contributed by atoms with Crippen LogP contribution in [0.25, 0.3) is 21.9 Å². The lowest BCUT2D eigenvalue weighted by atomic mass is 9.95. The second kappa shape index (κ2) is 9.76. The predicted octanol–water partition coefficient (Wildman–Crippen LogP) is 4.23. The van der Waals surface area contributed by atoms with E-state index in [-0.39, 0.29) is 5.91 Å². The van der Waals surface area contributed by atoms with E-state index in [9.17, 15) is 9.59 Å². The molecule has 4 aromatic rings.